The molecule has 0 bridgehead atoms. The maximum Gasteiger partial charge on any atom is 0.426 e. The van der Waals surface area contributed by atoms with Gasteiger partial charge in [-0.15, -0.1) is 5.06 Å². The Balaban J connectivity index is 1.71. The lowest BCUT2D eigenvalue weighted by Crippen LogP contribution is -2.55. The molecule has 9 nitrogen and oxygen atoms in total. The molecule has 0 saturated carbocycles. The Morgan fingerprint density at radius 2 is 1.90 bits per heavy atom. The Morgan fingerprint density at radius 3 is 2.52 bits per heavy atom. The van der Waals surface area contributed by atoms with Gasteiger partial charge in [0.1, 0.15) is 18.7 Å². The highest BCUT2D eigenvalue weighted by Gasteiger charge is 2.37. The topological polar surface area (TPSA) is 106 Å². The lowest BCUT2D eigenvalue weighted by molar-refractivity contribution is -0.147. The van der Waals surface area contributed by atoms with E-state index in [1.165, 1.54) is 5.06 Å². The number of carbonyl (C=O) groups is 3. The van der Waals surface area contributed by atoms with Gasteiger partial charge in [-0.1, -0.05) is 44.2 Å². The summed E-state index contributed by atoms with van der Waals surface area (Å²) in [6.07, 6.45) is -0.815. The minimum Gasteiger partial charge on any atom is -0.379 e. The van der Waals surface area contributed by atoms with Crippen molar-refractivity contribution < 1.29 is 28.7 Å². The van der Waals surface area contributed by atoms with E-state index in [-0.39, 0.29) is 12.4 Å². The molecule has 0 aromatic heterocycles. The third-order valence-electron chi connectivity index (χ3n) is 5.66. The van der Waals surface area contributed by atoms with Gasteiger partial charge < -0.3 is 24.9 Å². The molecule has 0 unspecified atom stereocenters. The van der Waals surface area contributed by atoms with Crippen LogP contribution in [0.15, 0.2) is 30.3 Å². The van der Waals surface area contributed by atoms with E-state index in [9.17, 15) is 14.4 Å². The van der Waals surface area contributed by atoms with Crippen LogP contribution < -0.4 is 10.6 Å². The van der Waals surface area contributed by atoms with Crippen molar-refractivity contribution in [1.29, 1.82) is 0 Å². The fourth-order valence-electron chi connectivity index (χ4n) is 3.76. The van der Waals surface area contributed by atoms with Crippen molar-refractivity contribution >= 4 is 17.8 Å². The first-order valence-corrected chi connectivity index (χ1v) is 10.6. The smallest absolute Gasteiger partial charge is 0.379 e. The maximum atomic E-state index is 13.1. The van der Waals surface area contributed by atoms with Crippen molar-refractivity contribution in [2.45, 2.75) is 50.8 Å². The summed E-state index contributed by atoms with van der Waals surface area (Å²) in [4.78, 5) is 43.0. The number of hydrogen-bond donors (Lipinski definition) is 2. The van der Waals surface area contributed by atoms with Crippen LogP contribution in [0.1, 0.15) is 32.8 Å². The molecular weight excluding hydrogens is 402 g/mol. The molecule has 2 N–H and O–H groups in total. The van der Waals surface area contributed by atoms with Crippen molar-refractivity contribution in [3.8, 4) is 0 Å². The first kappa shape index (κ1) is 23.2. The maximum absolute atomic E-state index is 13.1. The highest BCUT2D eigenvalue weighted by atomic mass is 16.7. The molecule has 2 aliphatic heterocycles. The normalized spacial score (nSPS) is 23.3. The average Bonchev–Trinajstić information content (AvgIpc) is 3.06. The number of hydroxylamine groups is 2. The van der Waals surface area contributed by atoms with E-state index in [0.29, 0.717) is 32.7 Å². The van der Waals surface area contributed by atoms with Crippen molar-refractivity contribution in [2.24, 2.45) is 0 Å². The predicted octanol–water partition coefficient (Wildman–Crippen LogP) is 1.17. The van der Waals surface area contributed by atoms with E-state index in [1.807, 2.05) is 44.2 Å². The molecule has 2 heterocycles. The van der Waals surface area contributed by atoms with Crippen LogP contribution in [0, 0.1) is 0 Å². The van der Waals surface area contributed by atoms with Crippen LogP contribution in [0.3, 0.4) is 0 Å². The highest BCUT2D eigenvalue weighted by molar-refractivity contribution is 5.94. The summed E-state index contributed by atoms with van der Waals surface area (Å²) < 4.78 is 10.6. The number of benzene rings is 1. The Morgan fingerprint density at radius 1 is 1.23 bits per heavy atom. The number of carbonyl (C=O) groups excluding carboxylic acids is 3. The molecule has 0 radical (unpaired) electrons. The number of nitrogens with zero attached hydrogens (tertiary/aromatic N) is 1. The number of ether oxygens (including phenoxy) is 2. The van der Waals surface area contributed by atoms with Gasteiger partial charge >= 0.3 is 6.09 Å². The molecule has 3 atom stereocenters. The van der Waals surface area contributed by atoms with E-state index < -0.39 is 35.6 Å². The average molecular weight is 434 g/mol. The van der Waals surface area contributed by atoms with Crippen molar-refractivity contribution in [3.05, 3.63) is 35.9 Å². The van der Waals surface area contributed by atoms with Gasteiger partial charge in [0, 0.05) is 0 Å². The van der Waals surface area contributed by atoms with E-state index >= 15 is 0 Å². The standard InChI is InChI=1S/C22H31N3O6/c1-15-19(18(26)14-30-15)24-20(27)17(13-22(2,3)16-7-5-4-6-8-16)23-21(28)31-25-9-11-29-12-10-25/h4-8,15,17,19H,9-14H2,1-3H3,(H,23,28)(H,24,27)/t15-,17-,19-/m0/s1. The molecule has 3 rings (SSSR count). The number of amides is 2. The molecule has 9 heteroatoms. The molecule has 170 valence electrons. The molecule has 2 aliphatic rings. The van der Waals surface area contributed by atoms with Crippen molar-refractivity contribution in [2.75, 3.05) is 32.9 Å². The Hall–Kier alpha value is -2.49. The fourth-order valence-corrected chi connectivity index (χ4v) is 3.76. The number of nitrogens with one attached hydrogen (secondary N) is 2. The first-order chi connectivity index (χ1) is 14.8. The number of morpholine rings is 1. The van der Waals surface area contributed by atoms with Crippen LogP contribution in [0.4, 0.5) is 4.79 Å². The molecule has 1 aromatic rings. The predicted molar refractivity (Wildman–Crippen MR) is 112 cm³/mol. The minimum absolute atomic E-state index is 0.0290. The minimum atomic E-state index is -0.899. The number of rotatable bonds is 7. The van der Waals surface area contributed by atoms with Crippen LogP contribution >= 0.6 is 0 Å². The second kappa shape index (κ2) is 10.2. The molecule has 0 aliphatic carbocycles. The summed E-state index contributed by atoms with van der Waals surface area (Å²) in [5.74, 6) is -0.628. The second-order valence-electron chi connectivity index (χ2n) is 8.54. The third kappa shape index (κ3) is 6.25. The zero-order chi connectivity index (χ0) is 22.4. The van der Waals surface area contributed by atoms with Gasteiger partial charge in [-0.2, -0.15) is 0 Å². The number of ketones is 1. The third-order valence-corrected chi connectivity index (χ3v) is 5.66. The Labute approximate surface area is 182 Å². The van der Waals surface area contributed by atoms with Gasteiger partial charge in [0.05, 0.1) is 32.4 Å². The van der Waals surface area contributed by atoms with Crippen molar-refractivity contribution in [3.63, 3.8) is 0 Å². The highest BCUT2D eigenvalue weighted by Crippen LogP contribution is 2.28. The van der Waals surface area contributed by atoms with Gasteiger partial charge in [0.15, 0.2) is 5.78 Å². The molecule has 31 heavy (non-hydrogen) atoms. The fraction of sp³-hybridized carbons (Fsp3) is 0.591. The van der Waals surface area contributed by atoms with E-state index in [2.05, 4.69) is 10.6 Å². The molecule has 2 amide bonds. The largest absolute Gasteiger partial charge is 0.426 e. The monoisotopic (exact) mass is 433 g/mol. The summed E-state index contributed by atoms with van der Waals surface area (Å²) in [7, 11) is 0. The zero-order valence-electron chi connectivity index (χ0n) is 18.3. The zero-order valence-corrected chi connectivity index (χ0v) is 18.3. The SMILES string of the molecule is C[C@@H]1OCC(=O)[C@H]1NC(=O)[C@H](CC(C)(C)c1ccccc1)NC(=O)ON1CCOCC1. The summed E-state index contributed by atoms with van der Waals surface area (Å²) >= 11 is 0. The van der Waals surface area contributed by atoms with Gasteiger partial charge in [0.25, 0.3) is 0 Å². The van der Waals surface area contributed by atoms with Crippen LogP contribution in [0.25, 0.3) is 0 Å². The lowest BCUT2D eigenvalue weighted by Gasteiger charge is -2.31. The summed E-state index contributed by atoms with van der Waals surface area (Å²) in [6, 6.07) is 8.13. The molecule has 2 saturated heterocycles. The Bertz CT molecular complexity index is 779. The van der Waals surface area contributed by atoms with E-state index in [0.717, 1.165) is 5.56 Å². The first-order valence-electron chi connectivity index (χ1n) is 10.6. The quantitative estimate of drug-likeness (QED) is 0.665. The molecule has 1 aromatic carbocycles. The molecule has 2 fully saturated rings. The summed E-state index contributed by atoms with van der Waals surface area (Å²) in [5, 5.41) is 6.94. The van der Waals surface area contributed by atoms with Gasteiger partial charge in [-0.25, -0.2) is 4.79 Å². The van der Waals surface area contributed by atoms with E-state index in [1.54, 1.807) is 6.92 Å². The van der Waals surface area contributed by atoms with Crippen LogP contribution in [0.5, 0.6) is 0 Å². The second-order valence-corrected chi connectivity index (χ2v) is 8.54. The van der Waals surface area contributed by atoms with Gasteiger partial charge in [-0.3, -0.25) is 9.59 Å². The summed E-state index contributed by atoms with van der Waals surface area (Å²) in [5.41, 5.74) is 0.613. The van der Waals surface area contributed by atoms with E-state index in [4.69, 9.17) is 14.3 Å². The lowest BCUT2D eigenvalue weighted by atomic mass is 9.79. The van der Waals surface area contributed by atoms with Crippen molar-refractivity contribution in [1.82, 2.24) is 15.7 Å². The molecule has 0 spiro atoms. The van der Waals surface area contributed by atoms with Crippen LogP contribution in [0.2, 0.25) is 0 Å². The van der Waals surface area contributed by atoms with Crippen LogP contribution in [-0.4, -0.2) is 73.9 Å². The number of hydrogen-bond acceptors (Lipinski definition) is 7. The molecular formula is C22H31N3O6. The Kier molecular flexibility index (Phi) is 7.64. The number of Topliss-reactive ketones (excluding diaryl/α,β-unsaturated/α-hetero) is 1. The summed E-state index contributed by atoms with van der Waals surface area (Å²) in [6.45, 7) is 7.59. The van der Waals surface area contributed by atoms with Crippen LogP contribution in [-0.2, 0) is 29.3 Å². The van der Waals surface area contributed by atoms with Gasteiger partial charge in [0.2, 0.25) is 5.91 Å². The van der Waals surface area contributed by atoms with Gasteiger partial charge in [-0.05, 0) is 24.3 Å².